The molecule has 0 spiro atoms. The van der Waals surface area contributed by atoms with E-state index in [4.69, 9.17) is 4.74 Å². The fourth-order valence-electron chi connectivity index (χ4n) is 2.30. The van der Waals surface area contributed by atoms with E-state index in [1.807, 2.05) is 0 Å². The zero-order valence-corrected chi connectivity index (χ0v) is 10.8. The van der Waals surface area contributed by atoms with Crippen LogP contribution in [0, 0.1) is 6.92 Å². The molecule has 2 rings (SSSR count). The zero-order chi connectivity index (χ0) is 11.9. The number of rotatable bonds is 5. The highest BCUT2D eigenvalue weighted by Crippen LogP contribution is 2.12. The molecule has 1 fully saturated rings. The van der Waals surface area contributed by atoms with Crippen molar-refractivity contribution in [2.75, 3.05) is 26.2 Å². The Bertz CT molecular complexity index is 314. The van der Waals surface area contributed by atoms with E-state index in [9.17, 15) is 0 Å². The van der Waals surface area contributed by atoms with Crippen molar-refractivity contribution in [3.05, 3.63) is 29.8 Å². The highest BCUT2D eigenvalue weighted by atomic mass is 16.5. The number of likely N-dealkylation sites (tertiary alicyclic amines) is 1. The van der Waals surface area contributed by atoms with Crippen molar-refractivity contribution < 1.29 is 4.74 Å². The molecule has 0 N–H and O–H groups in total. The Balaban J connectivity index is 1.60. The first-order valence-corrected chi connectivity index (χ1v) is 6.76. The lowest BCUT2D eigenvalue weighted by atomic mass is 10.1. The Morgan fingerprint density at radius 2 is 1.76 bits per heavy atom. The molecule has 0 saturated carbocycles. The van der Waals surface area contributed by atoms with Gasteiger partial charge in [0.15, 0.2) is 0 Å². The third kappa shape index (κ3) is 4.39. The summed E-state index contributed by atoms with van der Waals surface area (Å²) in [5.41, 5.74) is 1.28. The molecular weight excluding hydrogens is 210 g/mol. The van der Waals surface area contributed by atoms with Crippen LogP contribution in [-0.2, 0) is 0 Å². The maximum Gasteiger partial charge on any atom is 0.119 e. The molecule has 2 nitrogen and oxygen atoms in total. The standard InChI is InChI=1S/C15H23NO/c1-14-6-8-15(9-7-14)17-13-5-12-16-10-3-2-4-11-16/h6-9H,2-5,10-13H2,1H3. The quantitative estimate of drug-likeness (QED) is 0.724. The molecule has 1 aliphatic heterocycles. The van der Waals surface area contributed by atoms with E-state index in [-0.39, 0.29) is 0 Å². The maximum absolute atomic E-state index is 5.73. The van der Waals surface area contributed by atoms with Crippen LogP contribution in [0.2, 0.25) is 0 Å². The molecule has 0 aromatic heterocycles. The predicted octanol–water partition coefficient (Wildman–Crippen LogP) is 3.25. The minimum atomic E-state index is 0.833. The van der Waals surface area contributed by atoms with E-state index >= 15 is 0 Å². The largest absolute Gasteiger partial charge is 0.494 e. The molecule has 1 aromatic rings. The molecule has 0 atom stereocenters. The van der Waals surface area contributed by atoms with Crippen LogP contribution in [0.4, 0.5) is 0 Å². The number of ether oxygens (including phenoxy) is 1. The fourth-order valence-corrected chi connectivity index (χ4v) is 2.30. The zero-order valence-electron chi connectivity index (χ0n) is 10.8. The van der Waals surface area contributed by atoms with Gasteiger partial charge >= 0.3 is 0 Å². The summed E-state index contributed by atoms with van der Waals surface area (Å²) >= 11 is 0. The van der Waals surface area contributed by atoms with Gasteiger partial charge in [-0.3, -0.25) is 0 Å². The molecule has 0 aliphatic carbocycles. The van der Waals surface area contributed by atoms with Crippen LogP contribution in [0.15, 0.2) is 24.3 Å². The average molecular weight is 233 g/mol. The number of nitrogens with zero attached hydrogens (tertiary/aromatic N) is 1. The first-order chi connectivity index (χ1) is 8.34. The van der Waals surface area contributed by atoms with Gasteiger partial charge < -0.3 is 9.64 Å². The maximum atomic E-state index is 5.73. The Kier molecular flexibility index (Phi) is 4.87. The summed E-state index contributed by atoms with van der Waals surface area (Å²) in [5, 5.41) is 0. The second-order valence-electron chi connectivity index (χ2n) is 4.92. The first-order valence-electron chi connectivity index (χ1n) is 6.76. The summed E-state index contributed by atoms with van der Waals surface area (Å²) in [6.07, 6.45) is 5.29. The lowest BCUT2D eigenvalue weighted by molar-refractivity contribution is 0.205. The minimum absolute atomic E-state index is 0.833. The number of hydrogen-bond donors (Lipinski definition) is 0. The summed E-state index contributed by atoms with van der Waals surface area (Å²) in [6, 6.07) is 8.30. The molecule has 17 heavy (non-hydrogen) atoms. The number of piperidine rings is 1. The lowest BCUT2D eigenvalue weighted by Gasteiger charge is -2.26. The van der Waals surface area contributed by atoms with E-state index in [0.717, 1.165) is 18.8 Å². The Labute approximate surface area is 105 Å². The van der Waals surface area contributed by atoms with Crippen molar-refractivity contribution in [3.8, 4) is 5.75 Å². The summed E-state index contributed by atoms with van der Waals surface area (Å²) in [4.78, 5) is 2.56. The number of aryl methyl sites for hydroxylation is 1. The fraction of sp³-hybridized carbons (Fsp3) is 0.600. The molecule has 0 bridgehead atoms. The number of hydrogen-bond acceptors (Lipinski definition) is 2. The third-order valence-electron chi connectivity index (χ3n) is 3.36. The van der Waals surface area contributed by atoms with Crippen LogP contribution in [0.3, 0.4) is 0 Å². The second-order valence-corrected chi connectivity index (χ2v) is 4.92. The molecule has 0 unspecified atom stereocenters. The summed E-state index contributed by atoms with van der Waals surface area (Å²) in [7, 11) is 0. The molecule has 94 valence electrons. The molecule has 1 aromatic carbocycles. The Morgan fingerprint density at radius 3 is 2.47 bits per heavy atom. The van der Waals surface area contributed by atoms with E-state index in [1.54, 1.807) is 0 Å². The minimum Gasteiger partial charge on any atom is -0.494 e. The van der Waals surface area contributed by atoms with Gasteiger partial charge in [-0.2, -0.15) is 0 Å². The second kappa shape index (κ2) is 6.65. The molecule has 0 amide bonds. The van der Waals surface area contributed by atoms with E-state index in [1.165, 1.54) is 44.5 Å². The highest BCUT2D eigenvalue weighted by molar-refractivity contribution is 5.26. The Morgan fingerprint density at radius 1 is 1.06 bits per heavy atom. The van der Waals surface area contributed by atoms with Crippen molar-refractivity contribution in [2.24, 2.45) is 0 Å². The van der Waals surface area contributed by atoms with Crippen molar-refractivity contribution in [2.45, 2.75) is 32.6 Å². The molecule has 0 radical (unpaired) electrons. The van der Waals surface area contributed by atoms with Crippen molar-refractivity contribution in [1.29, 1.82) is 0 Å². The topological polar surface area (TPSA) is 12.5 Å². The first kappa shape index (κ1) is 12.4. The molecule has 1 aliphatic rings. The van der Waals surface area contributed by atoms with Gasteiger partial charge in [-0.05, 0) is 51.4 Å². The van der Waals surface area contributed by atoms with Gasteiger partial charge in [0.25, 0.3) is 0 Å². The normalized spacial score (nSPS) is 17.0. The van der Waals surface area contributed by atoms with Crippen LogP contribution in [0.25, 0.3) is 0 Å². The van der Waals surface area contributed by atoms with E-state index < -0.39 is 0 Å². The predicted molar refractivity (Wildman–Crippen MR) is 71.6 cm³/mol. The highest BCUT2D eigenvalue weighted by Gasteiger charge is 2.08. The Hall–Kier alpha value is -1.02. The van der Waals surface area contributed by atoms with Crippen molar-refractivity contribution in [3.63, 3.8) is 0 Å². The number of benzene rings is 1. The molecule has 1 heterocycles. The van der Waals surface area contributed by atoms with Crippen LogP contribution in [0.5, 0.6) is 5.75 Å². The van der Waals surface area contributed by atoms with Gasteiger partial charge in [-0.1, -0.05) is 24.1 Å². The molecular formula is C15H23NO. The van der Waals surface area contributed by atoms with Gasteiger partial charge in [0.05, 0.1) is 6.61 Å². The van der Waals surface area contributed by atoms with Crippen molar-refractivity contribution >= 4 is 0 Å². The SMILES string of the molecule is Cc1ccc(OCCCN2CCCCC2)cc1. The van der Waals surface area contributed by atoms with Crippen LogP contribution in [0.1, 0.15) is 31.2 Å². The van der Waals surface area contributed by atoms with Gasteiger partial charge in [-0.15, -0.1) is 0 Å². The summed E-state index contributed by atoms with van der Waals surface area (Å²) in [6.45, 7) is 6.68. The van der Waals surface area contributed by atoms with Gasteiger partial charge in [0.1, 0.15) is 5.75 Å². The molecule has 1 saturated heterocycles. The van der Waals surface area contributed by atoms with Gasteiger partial charge in [0, 0.05) is 6.54 Å². The summed E-state index contributed by atoms with van der Waals surface area (Å²) < 4.78 is 5.73. The summed E-state index contributed by atoms with van der Waals surface area (Å²) in [5.74, 6) is 0.995. The van der Waals surface area contributed by atoms with Gasteiger partial charge in [-0.25, -0.2) is 0 Å². The van der Waals surface area contributed by atoms with E-state index in [2.05, 4.69) is 36.1 Å². The average Bonchev–Trinajstić information content (AvgIpc) is 2.38. The smallest absolute Gasteiger partial charge is 0.119 e. The monoisotopic (exact) mass is 233 g/mol. The van der Waals surface area contributed by atoms with E-state index in [0.29, 0.717) is 0 Å². The lowest BCUT2D eigenvalue weighted by Crippen LogP contribution is -2.31. The van der Waals surface area contributed by atoms with Crippen molar-refractivity contribution in [1.82, 2.24) is 4.90 Å². The van der Waals surface area contributed by atoms with Gasteiger partial charge in [0.2, 0.25) is 0 Å². The molecule has 2 heteroatoms. The third-order valence-corrected chi connectivity index (χ3v) is 3.36. The van der Waals surface area contributed by atoms with Crippen LogP contribution in [-0.4, -0.2) is 31.1 Å². The van der Waals surface area contributed by atoms with Crippen LogP contribution >= 0.6 is 0 Å². The van der Waals surface area contributed by atoms with Crippen LogP contribution < -0.4 is 4.74 Å².